The van der Waals surface area contributed by atoms with Gasteiger partial charge in [-0.3, -0.25) is 24.9 Å². The fraction of sp³-hybridized carbons (Fsp3) is 0.571. The number of hydrogen-bond donors (Lipinski definition) is 1. The lowest BCUT2D eigenvalue weighted by Gasteiger charge is -2.21. The first-order chi connectivity index (χ1) is 11.6. The zero-order chi connectivity index (χ0) is 16.9. The molecule has 2 aromatic heterocycles. The Morgan fingerprint density at radius 2 is 2.17 bits per heavy atom. The Labute approximate surface area is 138 Å². The second kappa shape index (κ2) is 7.20. The van der Waals surface area contributed by atoms with Crippen LogP contribution in [0.4, 0.5) is 11.6 Å². The molecule has 1 aliphatic carbocycles. The maximum Gasteiger partial charge on any atom is 0.306 e. The highest BCUT2D eigenvalue weighted by atomic mass is 16.6. The van der Waals surface area contributed by atoms with E-state index in [1.54, 1.807) is 6.33 Å². The monoisotopic (exact) mass is 333 g/mol. The van der Waals surface area contributed by atoms with Crippen LogP contribution in [0.5, 0.6) is 0 Å². The van der Waals surface area contributed by atoms with Gasteiger partial charge >= 0.3 is 5.69 Å². The highest BCUT2D eigenvalue weighted by molar-refractivity contribution is 5.88. The fourth-order valence-corrected chi connectivity index (χ4v) is 2.83. The van der Waals surface area contributed by atoms with E-state index in [4.69, 9.17) is 0 Å². The summed E-state index contributed by atoms with van der Waals surface area (Å²) in [6.45, 7) is 0.253. The van der Waals surface area contributed by atoms with Crippen molar-refractivity contribution in [2.75, 3.05) is 5.32 Å². The number of rotatable bonds is 6. The van der Waals surface area contributed by atoms with Gasteiger partial charge in [0.05, 0.1) is 11.0 Å². The summed E-state index contributed by atoms with van der Waals surface area (Å²) in [5.41, 5.74) is -0.0942. The first kappa shape index (κ1) is 16.1. The van der Waals surface area contributed by atoms with Gasteiger partial charge in [0.1, 0.15) is 18.7 Å². The third kappa shape index (κ3) is 3.94. The van der Waals surface area contributed by atoms with Crippen LogP contribution >= 0.6 is 0 Å². The van der Waals surface area contributed by atoms with Crippen LogP contribution < -0.4 is 5.32 Å². The fourth-order valence-electron chi connectivity index (χ4n) is 2.83. The average Bonchev–Trinajstić information content (AvgIpc) is 3.23. The van der Waals surface area contributed by atoms with E-state index in [0.29, 0.717) is 6.04 Å². The highest BCUT2D eigenvalue weighted by Crippen LogP contribution is 2.27. The molecule has 0 saturated heterocycles. The Morgan fingerprint density at radius 1 is 1.38 bits per heavy atom. The molecular formula is C14H19N7O3. The number of hydrogen-bond acceptors (Lipinski definition) is 6. The molecule has 1 saturated carbocycles. The van der Waals surface area contributed by atoms with E-state index in [1.165, 1.54) is 30.1 Å². The van der Waals surface area contributed by atoms with E-state index < -0.39 is 4.92 Å². The lowest BCUT2D eigenvalue weighted by atomic mass is 9.96. The number of anilines is 1. The largest absolute Gasteiger partial charge is 0.306 e. The van der Waals surface area contributed by atoms with Gasteiger partial charge in [-0.05, 0) is 12.8 Å². The van der Waals surface area contributed by atoms with Crippen molar-refractivity contribution in [3.05, 3.63) is 28.8 Å². The SMILES string of the molecule is O=C(CCn1cc([N+](=O)[O-])cn1)Nc1ncn(C2CCCCC2)n1. The third-order valence-corrected chi connectivity index (χ3v) is 4.11. The van der Waals surface area contributed by atoms with Crippen molar-refractivity contribution in [1.29, 1.82) is 0 Å². The van der Waals surface area contributed by atoms with Crippen LogP contribution in [0.2, 0.25) is 0 Å². The average molecular weight is 333 g/mol. The highest BCUT2D eigenvalue weighted by Gasteiger charge is 2.17. The zero-order valence-corrected chi connectivity index (χ0v) is 13.2. The van der Waals surface area contributed by atoms with Crippen LogP contribution in [0.3, 0.4) is 0 Å². The summed E-state index contributed by atoms with van der Waals surface area (Å²) in [6.07, 6.45) is 10.1. The normalized spacial score (nSPS) is 15.3. The second-order valence-electron chi connectivity index (χ2n) is 5.86. The van der Waals surface area contributed by atoms with Crippen molar-refractivity contribution >= 4 is 17.5 Å². The Kier molecular flexibility index (Phi) is 4.82. The molecule has 10 heteroatoms. The van der Waals surface area contributed by atoms with Crippen LogP contribution in [-0.2, 0) is 11.3 Å². The Bertz CT molecular complexity index is 718. The van der Waals surface area contributed by atoms with Crippen molar-refractivity contribution in [2.24, 2.45) is 0 Å². The van der Waals surface area contributed by atoms with Crippen LogP contribution in [0, 0.1) is 10.1 Å². The minimum atomic E-state index is -0.522. The number of nitrogens with one attached hydrogen (secondary N) is 1. The summed E-state index contributed by atoms with van der Waals surface area (Å²) in [5.74, 6) is 0.0339. The van der Waals surface area contributed by atoms with Crippen LogP contribution in [-0.4, -0.2) is 35.4 Å². The Balaban J connectivity index is 1.49. The van der Waals surface area contributed by atoms with E-state index in [9.17, 15) is 14.9 Å². The van der Waals surface area contributed by atoms with Crippen molar-refractivity contribution in [3.63, 3.8) is 0 Å². The molecule has 1 amide bonds. The number of carbonyl (C=O) groups is 1. The van der Waals surface area contributed by atoms with Gasteiger partial charge in [-0.15, -0.1) is 5.10 Å². The predicted octanol–water partition coefficient (Wildman–Crippen LogP) is 1.92. The smallest absolute Gasteiger partial charge is 0.293 e. The molecule has 0 unspecified atom stereocenters. The first-order valence-electron chi connectivity index (χ1n) is 7.99. The summed E-state index contributed by atoms with van der Waals surface area (Å²) in [7, 11) is 0. The van der Waals surface area contributed by atoms with Gasteiger partial charge in [-0.1, -0.05) is 19.3 Å². The number of nitro groups is 1. The van der Waals surface area contributed by atoms with E-state index in [0.717, 1.165) is 19.0 Å². The van der Waals surface area contributed by atoms with Crippen molar-refractivity contribution < 1.29 is 9.72 Å². The van der Waals surface area contributed by atoms with Crippen LogP contribution in [0.25, 0.3) is 0 Å². The predicted molar refractivity (Wildman–Crippen MR) is 84.3 cm³/mol. The molecule has 1 N–H and O–H groups in total. The molecular weight excluding hydrogens is 314 g/mol. The molecule has 24 heavy (non-hydrogen) atoms. The van der Waals surface area contributed by atoms with Crippen molar-refractivity contribution in [2.45, 2.75) is 51.1 Å². The molecule has 0 spiro atoms. The molecule has 10 nitrogen and oxygen atoms in total. The van der Waals surface area contributed by atoms with Gasteiger partial charge < -0.3 is 0 Å². The molecule has 1 fully saturated rings. The molecule has 2 aromatic rings. The van der Waals surface area contributed by atoms with E-state index in [1.807, 2.05) is 4.68 Å². The molecule has 0 bridgehead atoms. The summed E-state index contributed by atoms with van der Waals surface area (Å²) in [4.78, 5) is 26.1. The molecule has 0 radical (unpaired) electrons. The van der Waals surface area contributed by atoms with Crippen LogP contribution in [0.15, 0.2) is 18.7 Å². The molecule has 0 aromatic carbocycles. The molecule has 128 valence electrons. The van der Waals surface area contributed by atoms with Gasteiger partial charge in [-0.2, -0.15) is 5.10 Å². The third-order valence-electron chi connectivity index (χ3n) is 4.11. The number of aryl methyl sites for hydroxylation is 1. The lowest BCUT2D eigenvalue weighted by molar-refractivity contribution is -0.385. The van der Waals surface area contributed by atoms with Crippen LogP contribution in [0.1, 0.15) is 44.6 Å². The molecule has 3 rings (SSSR count). The van der Waals surface area contributed by atoms with E-state index in [2.05, 4.69) is 20.5 Å². The van der Waals surface area contributed by atoms with Gasteiger partial charge in [0.15, 0.2) is 0 Å². The quantitative estimate of drug-likeness (QED) is 0.636. The Hall–Kier alpha value is -2.78. The number of carbonyl (C=O) groups excluding carboxylic acids is 1. The molecule has 1 aliphatic rings. The Morgan fingerprint density at radius 3 is 2.88 bits per heavy atom. The number of aromatic nitrogens is 5. The van der Waals surface area contributed by atoms with Gasteiger partial charge in [0.2, 0.25) is 11.9 Å². The molecule has 2 heterocycles. The zero-order valence-electron chi connectivity index (χ0n) is 13.2. The van der Waals surface area contributed by atoms with Gasteiger partial charge in [0, 0.05) is 13.0 Å². The first-order valence-corrected chi connectivity index (χ1v) is 7.99. The molecule has 0 aliphatic heterocycles. The maximum atomic E-state index is 11.9. The van der Waals surface area contributed by atoms with Crippen molar-refractivity contribution in [3.8, 4) is 0 Å². The summed E-state index contributed by atoms with van der Waals surface area (Å²) in [5, 5.41) is 21.4. The maximum absolute atomic E-state index is 11.9. The number of amides is 1. The van der Waals surface area contributed by atoms with E-state index >= 15 is 0 Å². The van der Waals surface area contributed by atoms with Gasteiger partial charge in [-0.25, -0.2) is 9.67 Å². The standard InChI is InChI=1S/C14H19N7O3/c22-13(6-7-19-9-12(8-16-19)21(23)24)17-14-15-10-20(18-14)11-4-2-1-3-5-11/h8-11H,1-7H2,(H,17,18,22). The van der Waals surface area contributed by atoms with Gasteiger partial charge in [0.25, 0.3) is 0 Å². The minimum absolute atomic E-state index is 0.0942. The topological polar surface area (TPSA) is 121 Å². The number of nitrogens with zero attached hydrogens (tertiary/aromatic N) is 6. The summed E-state index contributed by atoms with van der Waals surface area (Å²) in [6, 6.07) is 0.363. The second-order valence-corrected chi connectivity index (χ2v) is 5.86. The summed E-state index contributed by atoms with van der Waals surface area (Å²) < 4.78 is 3.19. The van der Waals surface area contributed by atoms with E-state index in [-0.39, 0.29) is 30.5 Å². The van der Waals surface area contributed by atoms with Crippen molar-refractivity contribution in [1.82, 2.24) is 24.5 Å². The summed E-state index contributed by atoms with van der Waals surface area (Å²) >= 11 is 0. The minimum Gasteiger partial charge on any atom is -0.293 e. The molecule has 0 atom stereocenters. The lowest BCUT2D eigenvalue weighted by Crippen LogP contribution is -2.17.